The number of rotatable bonds is 4. The predicted molar refractivity (Wildman–Crippen MR) is 95.3 cm³/mol. The second kappa shape index (κ2) is 7.00. The fourth-order valence-corrected chi connectivity index (χ4v) is 2.48. The Balaban J connectivity index is 2.25. The van der Waals surface area contributed by atoms with Crippen LogP contribution in [0.5, 0.6) is 5.75 Å². The number of aromatic nitrogens is 1. The van der Waals surface area contributed by atoms with Gasteiger partial charge in [0.25, 0.3) is 5.56 Å². The van der Waals surface area contributed by atoms with Crippen molar-refractivity contribution in [1.29, 1.82) is 0 Å². The number of ether oxygens (including phenoxy) is 1. The second-order valence-electron chi connectivity index (χ2n) is 5.23. The van der Waals surface area contributed by atoms with Crippen LogP contribution in [0, 0.1) is 0 Å². The molecule has 0 bridgehead atoms. The maximum Gasteiger partial charge on any atom is 0.347 e. The second-order valence-corrected chi connectivity index (χ2v) is 5.23. The monoisotopic (exact) mass is 336 g/mol. The zero-order valence-electron chi connectivity index (χ0n) is 13.5. The van der Waals surface area contributed by atoms with Gasteiger partial charge in [-0.3, -0.25) is 4.79 Å². The summed E-state index contributed by atoms with van der Waals surface area (Å²) in [7, 11) is 0. The summed E-state index contributed by atoms with van der Waals surface area (Å²) in [5, 5.41) is 14.9. The third-order valence-corrected chi connectivity index (χ3v) is 3.63. The van der Waals surface area contributed by atoms with Gasteiger partial charge in [0.05, 0.1) is 18.3 Å². The first-order valence-electron chi connectivity index (χ1n) is 7.76. The van der Waals surface area contributed by atoms with Crippen LogP contribution in [-0.4, -0.2) is 28.6 Å². The van der Waals surface area contributed by atoms with Crippen molar-refractivity contribution < 1.29 is 14.6 Å². The number of esters is 1. The van der Waals surface area contributed by atoms with E-state index in [0.29, 0.717) is 10.9 Å². The van der Waals surface area contributed by atoms with Gasteiger partial charge in [-0.05, 0) is 24.6 Å². The number of carbonyl (C=O) groups excluding carboxylic acids is 1. The Morgan fingerprint density at radius 1 is 1.16 bits per heavy atom. The summed E-state index contributed by atoms with van der Waals surface area (Å²) in [5.74, 6) is -1.27. The maximum atomic E-state index is 12.7. The third-order valence-electron chi connectivity index (χ3n) is 3.63. The summed E-state index contributed by atoms with van der Waals surface area (Å²) in [4.78, 5) is 24.8. The van der Waals surface area contributed by atoms with Gasteiger partial charge in [0.15, 0.2) is 5.56 Å². The quantitative estimate of drug-likeness (QED) is 0.587. The van der Waals surface area contributed by atoms with Crippen LogP contribution in [0.3, 0.4) is 0 Å². The van der Waals surface area contributed by atoms with Gasteiger partial charge in [0.2, 0.25) is 0 Å². The molecule has 0 unspecified atom stereocenters. The molecule has 0 atom stereocenters. The van der Waals surface area contributed by atoms with Crippen LogP contribution >= 0.6 is 0 Å². The van der Waals surface area contributed by atoms with Crippen LogP contribution in [0.15, 0.2) is 64.5 Å². The molecule has 0 aliphatic rings. The number of para-hydroxylation sites is 1. The van der Waals surface area contributed by atoms with Crippen LogP contribution in [0.25, 0.3) is 10.9 Å². The van der Waals surface area contributed by atoms with E-state index in [1.165, 1.54) is 6.21 Å². The van der Waals surface area contributed by atoms with Gasteiger partial charge in [-0.1, -0.05) is 42.5 Å². The minimum atomic E-state index is -0.876. The summed E-state index contributed by atoms with van der Waals surface area (Å²) >= 11 is 0. The zero-order valence-corrected chi connectivity index (χ0v) is 13.5. The Labute approximate surface area is 143 Å². The molecular formula is C19H16N2O4. The molecule has 0 saturated carbocycles. The summed E-state index contributed by atoms with van der Waals surface area (Å²) in [6.45, 7) is 1.72. The summed E-state index contributed by atoms with van der Waals surface area (Å²) in [6, 6.07) is 15.9. The lowest BCUT2D eigenvalue weighted by Crippen LogP contribution is -2.26. The Kier molecular flexibility index (Phi) is 4.61. The van der Waals surface area contributed by atoms with Gasteiger partial charge < -0.3 is 9.84 Å². The van der Waals surface area contributed by atoms with Crippen molar-refractivity contribution in [2.24, 2.45) is 5.10 Å². The number of aromatic hydroxyl groups is 1. The van der Waals surface area contributed by atoms with Gasteiger partial charge in [-0.2, -0.15) is 9.78 Å². The fourth-order valence-electron chi connectivity index (χ4n) is 2.48. The molecule has 1 aromatic heterocycles. The highest BCUT2D eigenvalue weighted by Crippen LogP contribution is 2.26. The smallest absolute Gasteiger partial charge is 0.347 e. The molecule has 0 aliphatic carbocycles. The molecule has 0 radical (unpaired) electrons. The number of hydrogen-bond donors (Lipinski definition) is 1. The Bertz CT molecular complexity index is 1010. The van der Waals surface area contributed by atoms with Crippen molar-refractivity contribution in [1.82, 2.24) is 4.68 Å². The van der Waals surface area contributed by atoms with E-state index in [1.807, 2.05) is 30.3 Å². The molecular weight excluding hydrogens is 320 g/mol. The highest BCUT2D eigenvalue weighted by atomic mass is 16.5. The lowest BCUT2D eigenvalue weighted by molar-refractivity contribution is 0.0520. The largest absolute Gasteiger partial charge is 0.506 e. The molecule has 6 nitrogen and oxygen atoms in total. The van der Waals surface area contributed by atoms with Crippen molar-refractivity contribution in [2.75, 3.05) is 6.61 Å². The first kappa shape index (κ1) is 16.4. The van der Waals surface area contributed by atoms with Crippen LogP contribution in [0.4, 0.5) is 0 Å². The van der Waals surface area contributed by atoms with E-state index in [-0.39, 0.29) is 6.61 Å². The van der Waals surface area contributed by atoms with Gasteiger partial charge in [-0.15, -0.1) is 0 Å². The lowest BCUT2D eigenvalue weighted by atomic mass is 10.1. The molecule has 0 amide bonds. The number of hydrogen-bond acceptors (Lipinski definition) is 5. The van der Waals surface area contributed by atoms with E-state index in [9.17, 15) is 14.7 Å². The zero-order chi connectivity index (χ0) is 17.8. The van der Waals surface area contributed by atoms with Crippen LogP contribution in [0.2, 0.25) is 0 Å². The summed E-state index contributed by atoms with van der Waals surface area (Å²) in [5.41, 5.74) is 0.0297. The molecule has 1 N–H and O–H groups in total. The van der Waals surface area contributed by atoms with E-state index in [2.05, 4.69) is 5.10 Å². The highest BCUT2D eigenvalue weighted by Gasteiger charge is 2.23. The Morgan fingerprint density at radius 3 is 2.56 bits per heavy atom. The summed E-state index contributed by atoms with van der Waals surface area (Å²) in [6.07, 6.45) is 1.51. The minimum Gasteiger partial charge on any atom is -0.506 e. The molecule has 25 heavy (non-hydrogen) atoms. The molecule has 1 heterocycles. The molecule has 0 aliphatic heterocycles. The molecule has 0 spiro atoms. The van der Waals surface area contributed by atoms with Gasteiger partial charge in [0.1, 0.15) is 5.75 Å². The van der Waals surface area contributed by atoms with Crippen LogP contribution < -0.4 is 5.56 Å². The third kappa shape index (κ3) is 3.14. The van der Waals surface area contributed by atoms with E-state index < -0.39 is 22.8 Å². The topological polar surface area (TPSA) is 80.9 Å². The molecule has 0 saturated heterocycles. The predicted octanol–water partition coefficient (Wildman–Crippen LogP) is 2.77. The maximum absolute atomic E-state index is 12.7. The van der Waals surface area contributed by atoms with Crippen molar-refractivity contribution >= 4 is 23.1 Å². The Hall–Kier alpha value is -3.41. The fraction of sp³-hybridized carbons (Fsp3) is 0.105. The number of fused-ring (bicyclic) bond motifs is 1. The van der Waals surface area contributed by atoms with E-state index in [4.69, 9.17) is 4.74 Å². The van der Waals surface area contributed by atoms with E-state index >= 15 is 0 Å². The average Bonchev–Trinajstić information content (AvgIpc) is 2.63. The minimum absolute atomic E-state index is 0.0951. The number of nitrogens with zero attached hydrogens (tertiary/aromatic N) is 2. The molecule has 0 fully saturated rings. The molecule has 126 valence electrons. The molecule has 6 heteroatoms. The van der Waals surface area contributed by atoms with Crippen molar-refractivity contribution in [3.63, 3.8) is 0 Å². The lowest BCUT2D eigenvalue weighted by Gasteiger charge is -2.10. The summed E-state index contributed by atoms with van der Waals surface area (Å²) < 4.78 is 5.98. The number of pyridine rings is 1. The van der Waals surface area contributed by atoms with Crippen LogP contribution in [-0.2, 0) is 4.74 Å². The van der Waals surface area contributed by atoms with Crippen molar-refractivity contribution in [2.45, 2.75) is 6.92 Å². The normalized spacial score (nSPS) is 11.1. The number of carbonyl (C=O) groups is 1. The first-order chi connectivity index (χ1) is 12.1. The average molecular weight is 336 g/mol. The highest BCUT2D eigenvalue weighted by molar-refractivity contribution is 5.99. The van der Waals surface area contributed by atoms with Gasteiger partial charge in [-0.25, -0.2) is 4.79 Å². The van der Waals surface area contributed by atoms with Crippen molar-refractivity contribution in [3.8, 4) is 5.75 Å². The van der Waals surface area contributed by atoms with Gasteiger partial charge in [0, 0.05) is 5.39 Å². The van der Waals surface area contributed by atoms with E-state index in [0.717, 1.165) is 10.2 Å². The Morgan fingerprint density at radius 2 is 1.84 bits per heavy atom. The molecule has 3 aromatic rings. The van der Waals surface area contributed by atoms with Crippen molar-refractivity contribution in [3.05, 3.63) is 76.1 Å². The number of benzene rings is 2. The molecule has 3 rings (SSSR count). The first-order valence-corrected chi connectivity index (χ1v) is 7.76. The van der Waals surface area contributed by atoms with E-state index in [1.54, 1.807) is 31.2 Å². The molecule has 2 aromatic carbocycles. The standard InChI is InChI=1S/C19H16N2O4/c1-2-25-19(24)16-17(22)14-10-6-7-11-15(14)21(18(16)23)20-12-13-8-4-3-5-9-13/h3-12,22H,2H2,1H3. The SMILES string of the molecule is CCOC(=O)c1c(O)c2ccccc2n(N=Cc2ccccc2)c1=O. The van der Waals surface area contributed by atoms with Gasteiger partial charge >= 0.3 is 5.97 Å². The van der Waals surface area contributed by atoms with Crippen LogP contribution in [0.1, 0.15) is 22.8 Å².